The minimum Gasteiger partial charge on any atom is -0.505 e. The van der Waals surface area contributed by atoms with Crippen LogP contribution in [0.15, 0.2) is 33.8 Å². The molecule has 0 radical (unpaired) electrons. The first-order chi connectivity index (χ1) is 15.8. The third-order valence-corrected chi connectivity index (χ3v) is 5.69. The van der Waals surface area contributed by atoms with E-state index in [1.165, 1.54) is 7.05 Å². The summed E-state index contributed by atoms with van der Waals surface area (Å²) in [5.74, 6) is -0.291. The Kier molecular flexibility index (Phi) is 14.5. The van der Waals surface area contributed by atoms with E-state index >= 15 is 0 Å². The molecule has 1 aromatic carbocycles. The molecule has 0 saturated heterocycles. The molecule has 1 aliphatic heterocycles. The molecule has 2 aromatic rings. The maximum atomic E-state index is 13.2. The van der Waals surface area contributed by atoms with Crippen LogP contribution < -0.4 is 16.2 Å². The van der Waals surface area contributed by atoms with Gasteiger partial charge in [0.1, 0.15) is 18.0 Å². The van der Waals surface area contributed by atoms with Gasteiger partial charge in [-0.05, 0) is 26.0 Å². The first-order valence-electron chi connectivity index (χ1n) is 10.6. The number of benzene rings is 1. The summed E-state index contributed by atoms with van der Waals surface area (Å²) in [6.07, 6.45) is 0. The summed E-state index contributed by atoms with van der Waals surface area (Å²) < 4.78 is 23.8. The van der Waals surface area contributed by atoms with Crippen LogP contribution in [0.3, 0.4) is 0 Å². The number of aryl methyl sites for hydroxylation is 2. The predicted octanol–water partition coefficient (Wildman–Crippen LogP) is 6.19. The fourth-order valence-corrected chi connectivity index (χ4v) is 4.30. The summed E-state index contributed by atoms with van der Waals surface area (Å²) in [7, 11) is -2.08. The number of hydrogen-bond acceptors (Lipinski definition) is 6. The molecule has 1 atom stereocenters. The van der Waals surface area contributed by atoms with Gasteiger partial charge >= 0.3 is 7.52 Å². The number of aromatic nitrogens is 2. The summed E-state index contributed by atoms with van der Waals surface area (Å²) in [5, 5.41) is 17.8. The number of rotatable bonds is 3. The number of fused-ring (bicyclic) bond motifs is 1. The van der Waals surface area contributed by atoms with Gasteiger partial charge < -0.3 is 14.9 Å². The van der Waals surface area contributed by atoms with Crippen molar-refractivity contribution < 1.29 is 14.2 Å². The van der Waals surface area contributed by atoms with E-state index < -0.39 is 19.8 Å². The van der Waals surface area contributed by atoms with Crippen molar-refractivity contribution in [3.05, 3.63) is 45.9 Å². The van der Waals surface area contributed by atoms with Crippen molar-refractivity contribution in [2.75, 3.05) is 17.3 Å². The van der Waals surface area contributed by atoms with Crippen LogP contribution >= 0.6 is 46.0 Å². The summed E-state index contributed by atoms with van der Waals surface area (Å²) in [6.45, 7) is 13.4. The zero-order valence-corrected chi connectivity index (χ0v) is 25.8. The topological polar surface area (TPSA) is 106 Å². The van der Waals surface area contributed by atoms with E-state index in [9.17, 15) is 14.5 Å². The average molecular weight is 616 g/mol. The second-order valence-electron chi connectivity index (χ2n) is 7.43. The molecule has 192 valence electrons. The molecular formula is C21H34BrCl2N4O4PSi. The minimum atomic E-state index is -3.55. The van der Waals surface area contributed by atoms with Crippen LogP contribution in [-0.4, -0.2) is 39.4 Å². The highest BCUT2D eigenvalue weighted by molar-refractivity contribution is 9.26. The normalized spacial score (nSPS) is 16.1. The van der Waals surface area contributed by atoms with Gasteiger partial charge in [-0.25, -0.2) is 4.68 Å². The number of anilines is 1. The largest absolute Gasteiger partial charge is 0.505 e. The second kappa shape index (κ2) is 15.1. The number of halogens is 3. The predicted molar refractivity (Wildman–Crippen MR) is 152 cm³/mol. The molecule has 8 nitrogen and oxygen atoms in total. The molecule has 1 aromatic heterocycles. The highest BCUT2D eigenvalue weighted by atomic mass is 79.9. The van der Waals surface area contributed by atoms with Crippen molar-refractivity contribution in [1.29, 1.82) is 0 Å². The Labute approximate surface area is 220 Å². The van der Waals surface area contributed by atoms with E-state index in [4.69, 9.17) is 27.7 Å². The molecule has 0 saturated carbocycles. The van der Waals surface area contributed by atoms with Gasteiger partial charge in [0.15, 0.2) is 11.6 Å². The first-order valence-corrected chi connectivity index (χ1v) is 19.0. The van der Waals surface area contributed by atoms with Crippen molar-refractivity contribution in [2.45, 2.75) is 47.3 Å². The van der Waals surface area contributed by atoms with Crippen LogP contribution in [0.1, 0.15) is 32.0 Å². The molecule has 1 unspecified atom stereocenters. The number of hydrogen-bond donors (Lipinski definition) is 2. The molecular weight excluding hydrogens is 582 g/mol. The van der Waals surface area contributed by atoms with Gasteiger partial charge in [0.2, 0.25) is 0 Å². The molecule has 34 heavy (non-hydrogen) atoms. The first kappa shape index (κ1) is 32.8. The van der Waals surface area contributed by atoms with E-state index in [0.29, 0.717) is 11.0 Å². The SMILES string of the molecule is CC.CCOP1(=O)N=C(c2c(O)c(C)nn(C)c2=O)Nc2ccccc21.C[Si](C)(C)Br.ClCCl. The van der Waals surface area contributed by atoms with Crippen molar-refractivity contribution in [2.24, 2.45) is 11.8 Å². The molecule has 0 spiro atoms. The van der Waals surface area contributed by atoms with E-state index in [0.717, 1.165) is 4.68 Å². The van der Waals surface area contributed by atoms with Gasteiger partial charge in [-0.3, -0.25) is 9.36 Å². The smallest absolute Gasteiger partial charge is 0.348 e. The van der Waals surface area contributed by atoms with Gasteiger partial charge in [0, 0.05) is 7.05 Å². The lowest BCUT2D eigenvalue weighted by Crippen LogP contribution is -2.33. The maximum Gasteiger partial charge on any atom is 0.348 e. The van der Waals surface area contributed by atoms with Crippen molar-refractivity contribution in [3.8, 4) is 5.75 Å². The Morgan fingerprint density at radius 2 is 1.74 bits per heavy atom. The maximum absolute atomic E-state index is 13.2. The Balaban J connectivity index is 0.000000935. The van der Waals surface area contributed by atoms with Crippen molar-refractivity contribution >= 4 is 69.5 Å². The monoisotopic (exact) mass is 614 g/mol. The molecule has 0 amide bonds. The van der Waals surface area contributed by atoms with Crippen LogP contribution in [0.4, 0.5) is 5.69 Å². The fourth-order valence-electron chi connectivity index (χ4n) is 2.52. The molecule has 2 N–H and O–H groups in total. The fraction of sp³-hybridized carbons (Fsp3) is 0.476. The average Bonchev–Trinajstić information content (AvgIpc) is 2.74. The molecule has 3 rings (SSSR count). The number of aromatic hydroxyl groups is 1. The summed E-state index contributed by atoms with van der Waals surface area (Å²) in [6, 6.07) is 6.88. The highest BCUT2D eigenvalue weighted by Gasteiger charge is 2.35. The van der Waals surface area contributed by atoms with Gasteiger partial charge in [-0.1, -0.05) is 45.6 Å². The van der Waals surface area contributed by atoms with Crippen LogP contribution in [0.25, 0.3) is 0 Å². The van der Waals surface area contributed by atoms with E-state index in [2.05, 4.69) is 50.1 Å². The van der Waals surface area contributed by atoms with Gasteiger partial charge in [-0.15, -0.1) is 38.5 Å². The quantitative estimate of drug-likeness (QED) is 0.185. The third kappa shape index (κ3) is 9.83. The number of amidine groups is 1. The van der Waals surface area contributed by atoms with Gasteiger partial charge in [0.25, 0.3) is 5.56 Å². The molecule has 1 aliphatic rings. The molecule has 0 aliphatic carbocycles. The van der Waals surface area contributed by atoms with Crippen LogP contribution in [0.2, 0.25) is 19.6 Å². The minimum absolute atomic E-state index is 0.00841. The van der Waals surface area contributed by atoms with Gasteiger partial charge in [0.05, 0.1) is 22.9 Å². The second-order valence-corrected chi connectivity index (χ2v) is 21.5. The van der Waals surface area contributed by atoms with Crippen molar-refractivity contribution in [1.82, 2.24) is 9.78 Å². The summed E-state index contributed by atoms with van der Waals surface area (Å²) in [4.78, 5) is 12.4. The lowest BCUT2D eigenvalue weighted by Gasteiger charge is -2.24. The number of nitrogens with one attached hydrogen (secondary N) is 1. The van der Waals surface area contributed by atoms with Gasteiger partial charge in [-0.2, -0.15) is 9.86 Å². The lowest BCUT2D eigenvalue weighted by molar-refractivity contribution is 0.341. The molecule has 2 heterocycles. The Hall–Kier alpha value is -1.16. The van der Waals surface area contributed by atoms with E-state index in [-0.39, 0.29) is 34.8 Å². The molecule has 13 heteroatoms. The summed E-state index contributed by atoms with van der Waals surface area (Å²) in [5.41, 5.74) is 0.156. The van der Waals surface area contributed by atoms with Crippen molar-refractivity contribution in [3.63, 3.8) is 0 Å². The lowest BCUT2D eigenvalue weighted by atomic mass is 10.2. The standard InChI is InChI=1S/C15H17N4O4P.C3H9BrSi.C2H6.CH2Cl2/c1-4-23-24(22)11-8-6-5-7-10(11)16-14(18-24)12-13(20)9(2)17-19(3)15(12)21;1-5(2,3)4;1-2;2-1-3/h5-8,20H,4H2,1-3H3,(H,16,18,22);1-3H3;1-2H3;1H2. The molecule has 0 bridgehead atoms. The third-order valence-electron chi connectivity index (χ3n) is 3.62. The zero-order chi connectivity index (χ0) is 26.7. The highest BCUT2D eigenvalue weighted by Crippen LogP contribution is 2.51. The van der Waals surface area contributed by atoms with E-state index in [1.54, 1.807) is 38.1 Å². The zero-order valence-electron chi connectivity index (χ0n) is 20.8. The van der Waals surface area contributed by atoms with Crippen LogP contribution in [-0.2, 0) is 16.1 Å². The Morgan fingerprint density at radius 1 is 1.24 bits per heavy atom. The Bertz CT molecular complexity index is 1070. The molecule has 0 fully saturated rings. The van der Waals surface area contributed by atoms with Crippen LogP contribution in [0, 0.1) is 6.92 Å². The number of alkyl halides is 2. The van der Waals surface area contributed by atoms with Crippen LogP contribution in [0.5, 0.6) is 5.75 Å². The number of para-hydroxylation sites is 1. The Morgan fingerprint density at radius 3 is 2.24 bits per heavy atom. The number of nitrogens with zero attached hydrogens (tertiary/aromatic N) is 3. The summed E-state index contributed by atoms with van der Waals surface area (Å²) >= 11 is 13.0. The van der Waals surface area contributed by atoms with E-state index in [1.807, 2.05) is 13.8 Å².